The Bertz CT molecular complexity index is 726. The maximum absolute atomic E-state index is 13.3. The monoisotopic (exact) mass is 412 g/mol. The predicted molar refractivity (Wildman–Crippen MR) is 89.5 cm³/mol. The van der Waals surface area contributed by atoms with Gasteiger partial charge in [-0.1, -0.05) is 11.1 Å². The van der Waals surface area contributed by atoms with Crippen LogP contribution < -0.4 is 39.4 Å². The van der Waals surface area contributed by atoms with Gasteiger partial charge in [-0.3, -0.25) is 4.21 Å². The van der Waals surface area contributed by atoms with Crippen molar-refractivity contribution < 1.29 is 51.5 Å². The van der Waals surface area contributed by atoms with Crippen molar-refractivity contribution in [1.82, 2.24) is 9.97 Å². The minimum atomic E-state index is -4.53. The molecule has 0 N–H and O–H groups in total. The summed E-state index contributed by atoms with van der Waals surface area (Å²) in [7, 11) is 0. The summed E-state index contributed by atoms with van der Waals surface area (Å²) < 4.78 is 61.6. The van der Waals surface area contributed by atoms with E-state index in [0.29, 0.717) is 19.6 Å². The van der Waals surface area contributed by atoms with Gasteiger partial charge in [-0.25, -0.2) is 4.98 Å². The van der Waals surface area contributed by atoms with Gasteiger partial charge in [0.05, 0.1) is 0 Å². The Morgan fingerprint density at radius 3 is 2.48 bits per heavy atom. The molecule has 1 saturated carbocycles. The number of aromatic nitrogens is 2. The maximum Gasteiger partial charge on any atom is 1.00 e. The van der Waals surface area contributed by atoms with Crippen LogP contribution in [0.25, 0.3) is 0 Å². The van der Waals surface area contributed by atoms with Crippen molar-refractivity contribution >= 4 is 22.8 Å². The molecule has 11 heteroatoms. The van der Waals surface area contributed by atoms with Gasteiger partial charge < -0.3 is 14.4 Å². The van der Waals surface area contributed by atoms with E-state index in [9.17, 15) is 21.9 Å². The van der Waals surface area contributed by atoms with Crippen LogP contribution in [0.3, 0.4) is 0 Å². The first-order valence-corrected chi connectivity index (χ1v) is 10.0. The summed E-state index contributed by atoms with van der Waals surface area (Å²) in [5, 5.41) is 0. The summed E-state index contributed by atoms with van der Waals surface area (Å²) in [6.45, 7) is 3.73. The molecule has 4 rings (SSSR count). The quantitative estimate of drug-likeness (QED) is 0.469. The van der Waals surface area contributed by atoms with Crippen molar-refractivity contribution in [3.63, 3.8) is 0 Å². The van der Waals surface area contributed by atoms with Crippen LogP contribution in [-0.4, -0.2) is 50.2 Å². The van der Waals surface area contributed by atoms with Gasteiger partial charge in [0.25, 0.3) is 0 Å². The molecule has 1 aliphatic carbocycles. The number of fused-ring (bicyclic) bond motifs is 1. The Kier molecular flexibility index (Phi) is 6.13. The van der Waals surface area contributed by atoms with Crippen molar-refractivity contribution in [3.8, 4) is 0 Å². The van der Waals surface area contributed by atoms with Gasteiger partial charge >= 0.3 is 35.7 Å². The van der Waals surface area contributed by atoms with Crippen LogP contribution in [0, 0.1) is 17.8 Å². The van der Waals surface area contributed by atoms with Crippen molar-refractivity contribution in [3.05, 3.63) is 11.8 Å². The molecule has 27 heavy (non-hydrogen) atoms. The second-order valence-corrected chi connectivity index (χ2v) is 8.40. The van der Waals surface area contributed by atoms with E-state index in [1.54, 1.807) is 0 Å². The molecule has 2 aliphatic heterocycles. The molecule has 0 aromatic carbocycles. The molecule has 1 aromatic heterocycles. The fraction of sp³-hybridized carbons (Fsp3) is 0.750. The Labute approximate surface area is 180 Å². The number of nitrogens with zero attached hydrogens (tertiary/aromatic N) is 4. The van der Waals surface area contributed by atoms with E-state index in [1.807, 2.05) is 16.7 Å². The van der Waals surface area contributed by atoms with Crippen LogP contribution in [0.5, 0.6) is 0 Å². The summed E-state index contributed by atoms with van der Waals surface area (Å²) in [5.41, 5.74) is -0.922. The third kappa shape index (κ3) is 4.29. The van der Waals surface area contributed by atoms with Crippen LogP contribution >= 0.6 is 0 Å². The number of rotatable bonds is 4. The minimum absolute atomic E-state index is 0. The summed E-state index contributed by atoms with van der Waals surface area (Å²) in [5.74, 6) is 1.15. The summed E-state index contributed by atoms with van der Waals surface area (Å²) in [6, 6.07) is 1.13. The summed E-state index contributed by atoms with van der Waals surface area (Å²) >= 11 is -2.07. The zero-order valence-electron chi connectivity index (χ0n) is 15.3. The number of halogens is 3. The van der Waals surface area contributed by atoms with E-state index in [4.69, 9.17) is 0 Å². The molecule has 2 saturated heterocycles. The van der Waals surface area contributed by atoms with E-state index in [-0.39, 0.29) is 70.9 Å². The first-order chi connectivity index (χ1) is 12.2. The third-order valence-electron chi connectivity index (χ3n) is 5.83. The van der Waals surface area contributed by atoms with Crippen LogP contribution in [0.15, 0.2) is 6.07 Å². The van der Waals surface area contributed by atoms with Crippen LogP contribution in [0.4, 0.5) is 24.9 Å². The van der Waals surface area contributed by atoms with Gasteiger partial charge in [0.1, 0.15) is 5.82 Å². The van der Waals surface area contributed by atoms with Gasteiger partial charge in [0.2, 0.25) is 5.95 Å². The second kappa shape index (κ2) is 7.78. The van der Waals surface area contributed by atoms with E-state index in [2.05, 4.69) is 9.97 Å². The number of piperidine rings is 1. The molecule has 2 unspecified atom stereocenters. The van der Waals surface area contributed by atoms with Crippen molar-refractivity contribution in [1.29, 1.82) is 0 Å². The van der Waals surface area contributed by atoms with E-state index in [0.717, 1.165) is 18.9 Å². The zero-order chi connectivity index (χ0) is 18.6. The Morgan fingerprint density at radius 1 is 1.30 bits per heavy atom. The normalized spacial score (nSPS) is 30.9. The van der Waals surface area contributed by atoms with Crippen molar-refractivity contribution in [2.24, 2.45) is 17.8 Å². The molecule has 1 aromatic rings. The van der Waals surface area contributed by atoms with Crippen molar-refractivity contribution in [2.75, 3.05) is 35.2 Å². The number of hydrogen-bond acceptors (Lipinski definition) is 6. The standard InChI is InChI=1S/C16H21F3N4O2S.Na/c1-9-3-2-4-23(9)15-20-13(16(17,18)19)5-14(21-15)22-6-10-11(7-22)12(10)8-26(24)25;/h5,9-12H,2-4,6-8H2,1H3,(H,24,25);/q;+1/p-1/t9-,10-,11+,12?;/m0./s1. The molecule has 5 atom stereocenters. The van der Waals surface area contributed by atoms with Crippen LogP contribution in [-0.2, 0) is 17.3 Å². The maximum atomic E-state index is 13.3. The molecule has 144 valence electrons. The average molecular weight is 412 g/mol. The van der Waals surface area contributed by atoms with Crippen LogP contribution in [0.2, 0.25) is 0 Å². The molecule has 0 amide bonds. The molecular formula is C16H20F3N4NaO2S. The Morgan fingerprint density at radius 2 is 1.96 bits per heavy atom. The molecule has 0 radical (unpaired) electrons. The average Bonchev–Trinajstić information content (AvgIpc) is 2.95. The zero-order valence-corrected chi connectivity index (χ0v) is 18.1. The second-order valence-electron chi connectivity index (χ2n) is 7.46. The van der Waals surface area contributed by atoms with Gasteiger partial charge in [0.15, 0.2) is 5.69 Å². The number of alkyl halides is 3. The SMILES string of the molecule is C[C@H]1CCCN1c1nc(N2C[C@@H]3C(CS(=O)[O-])[C@@H]3C2)cc(C(F)(F)F)n1.[Na+]. The molecule has 6 nitrogen and oxygen atoms in total. The largest absolute Gasteiger partial charge is 1.00 e. The molecular weight excluding hydrogens is 392 g/mol. The fourth-order valence-electron chi connectivity index (χ4n) is 4.33. The minimum Gasteiger partial charge on any atom is -0.772 e. The fourth-order valence-corrected chi connectivity index (χ4v) is 5.14. The summed E-state index contributed by atoms with van der Waals surface area (Å²) in [4.78, 5) is 11.9. The van der Waals surface area contributed by atoms with E-state index in [1.165, 1.54) is 0 Å². The van der Waals surface area contributed by atoms with Gasteiger partial charge in [-0.2, -0.15) is 18.2 Å². The van der Waals surface area contributed by atoms with Crippen LogP contribution in [0.1, 0.15) is 25.5 Å². The number of anilines is 2. The number of hydrogen-bond donors (Lipinski definition) is 0. The topological polar surface area (TPSA) is 72.4 Å². The van der Waals surface area contributed by atoms with Gasteiger partial charge in [-0.15, -0.1) is 0 Å². The molecule has 3 heterocycles. The molecule has 3 aliphatic rings. The predicted octanol–water partition coefficient (Wildman–Crippen LogP) is -0.951. The van der Waals surface area contributed by atoms with Gasteiger partial charge in [-0.05, 0) is 37.5 Å². The third-order valence-corrected chi connectivity index (χ3v) is 6.48. The van der Waals surface area contributed by atoms with Crippen molar-refractivity contribution in [2.45, 2.75) is 32.0 Å². The molecule has 0 bridgehead atoms. The first kappa shape index (κ1) is 21.3. The van der Waals surface area contributed by atoms with E-state index >= 15 is 0 Å². The van der Waals surface area contributed by atoms with Gasteiger partial charge in [0, 0.05) is 37.5 Å². The Balaban J connectivity index is 0.00000210. The van der Waals surface area contributed by atoms with E-state index < -0.39 is 23.0 Å². The smallest absolute Gasteiger partial charge is 0.772 e. The first-order valence-electron chi connectivity index (χ1n) is 8.78. The Hall–Kier alpha value is -0.420. The summed E-state index contributed by atoms with van der Waals surface area (Å²) in [6.07, 6.45) is -2.70. The molecule has 3 fully saturated rings. The molecule has 0 spiro atoms.